The van der Waals surface area contributed by atoms with E-state index in [-0.39, 0.29) is 6.42 Å². The summed E-state index contributed by atoms with van der Waals surface area (Å²) in [5.74, 6) is 0.0494. The summed E-state index contributed by atoms with van der Waals surface area (Å²) in [6.45, 7) is 0. The number of carboxylic acid groups (broad SMARTS) is 1. The first-order valence-corrected chi connectivity index (χ1v) is 7.62. The molecular formula is C18H20O3. The van der Waals surface area contributed by atoms with E-state index in [4.69, 9.17) is 9.84 Å². The van der Waals surface area contributed by atoms with Crippen LogP contribution in [0.4, 0.5) is 0 Å². The lowest BCUT2D eigenvalue weighted by atomic mass is 9.97. The van der Waals surface area contributed by atoms with E-state index in [9.17, 15) is 4.79 Å². The molecule has 0 aromatic heterocycles. The minimum Gasteiger partial charge on any atom is -0.490 e. The Hall–Kier alpha value is -2.03. The molecule has 1 aliphatic rings. The maximum absolute atomic E-state index is 11.0. The predicted octanol–water partition coefficient (Wildman–Crippen LogP) is 4.18. The average Bonchev–Trinajstić information content (AvgIpc) is 2.48. The van der Waals surface area contributed by atoms with E-state index >= 15 is 0 Å². The van der Waals surface area contributed by atoms with Crippen LogP contribution in [0, 0.1) is 0 Å². The lowest BCUT2D eigenvalue weighted by molar-refractivity contribution is -0.136. The number of rotatable bonds is 4. The van der Waals surface area contributed by atoms with Crippen LogP contribution in [-0.2, 0) is 11.2 Å². The van der Waals surface area contributed by atoms with Crippen molar-refractivity contribution >= 4 is 16.7 Å². The Morgan fingerprint density at radius 3 is 2.71 bits per heavy atom. The normalized spacial score (nSPS) is 16.0. The Morgan fingerprint density at radius 2 is 1.95 bits per heavy atom. The third kappa shape index (κ3) is 3.35. The fourth-order valence-corrected chi connectivity index (χ4v) is 3.08. The second-order valence-electron chi connectivity index (χ2n) is 5.75. The summed E-state index contributed by atoms with van der Waals surface area (Å²) >= 11 is 0. The number of carboxylic acids is 1. The highest BCUT2D eigenvalue weighted by atomic mass is 16.5. The van der Waals surface area contributed by atoms with Crippen LogP contribution in [0.3, 0.4) is 0 Å². The molecule has 0 radical (unpaired) electrons. The molecule has 0 saturated heterocycles. The number of aliphatic carboxylic acids is 1. The Labute approximate surface area is 124 Å². The number of hydrogen-bond donors (Lipinski definition) is 1. The van der Waals surface area contributed by atoms with Crippen molar-refractivity contribution in [1.29, 1.82) is 0 Å². The van der Waals surface area contributed by atoms with Crippen molar-refractivity contribution in [2.24, 2.45) is 0 Å². The van der Waals surface area contributed by atoms with Gasteiger partial charge in [0.15, 0.2) is 0 Å². The topological polar surface area (TPSA) is 46.5 Å². The Balaban J connectivity index is 1.88. The number of hydrogen-bond acceptors (Lipinski definition) is 2. The molecule has 0 bridgehead atoms. The van der Waals surface area contributed by atoms with Crippen LogP contribution in [0.2, 0.25) is 0 Å². The van der Waals surface area contributed by atoms with Gasteiger partial charge in [-0.05, 0) is 54.2 Å². The third-order valence-electron chi connectivity index (χ3n) is 4.14. The molecular weight excluding hydrogens is 264 g/mol. The summed E-state index contributed by atoms with van der Waals surface area (Å²) in [4.78, 5) is 11.0. The maximum Gasteiger partial charge on any atom is 0.307 e. The van der Waals surface area contributed by atoms with E-state index in [0.717, 1.165) is 34.9 Å². The van der Waals surface area contributed by atoms with Crippen LogP contribution in [0.1, 0.15) is 37.7 Å². The summed E-state index contributed by atoms with van der Waals surface area (Å²) in [7, 11) is 0. The first-order chi connectivity index (χ1) is 10.2. The average molecular weight is 284 g/mol. The molecule has 1 N–H and O–H groups in total. The van der Waals surface area contributed by atoms with E-state index in [2.05, 4.69) is 0 Å². The van der Waals surface area contributed by atoms with Gasteiger partial charge in [-0.2, -0.15) is 0 Å². The highest BCUT2D eigenvalue weighted by Gasteiger charge is 2.15. The van der Waals surface area contributed by atoms with Crippen molar-refractivity contribution in [2.75, 3.05) is 0 Å². The first-order valence-electron chi connectivity index (χ1n) is 7.62. The van der Waals surface area contributed by atoms with Crippen LogP contribution in [0.15, 0.2) is 36.4 Å². The molecule has 3 rings (SSSR count). The molecule has 1 aliphatic carbocycles. The smallest absolute Gasteiger partial charge is 0.307 e. The zero-order valence-corrected chi connectivity index (χ0v) is 12.0. The van der Waals surface area contributed by atoms with Crippen molar-refractivity contribution in [3.8, 4) is 5.75 Å². The Morgan fingerprint density at radius 1 is 1.14 bits per heavy atom. The lowest BCUT2D eigenvalue weighted by Gasteiger charge is -2.23. The standard InChI is InChI=1S/C18H20O3/c19-18(20)11-14-6-4-5-13-9-10-16(12-17(13)14)21-15-7-2-1-3-8-15/h4-6,9-10,12,15H,1-3,7-8,11H2,(H,19,20). The Kier molecular flexibility index (Phi) is 4.09. The van der Waals surface area contributed by atoms with Gasteiger partial charge in [-0.25, -0.2) is 0 Å². The minimum atomic E-state index is -0.805. The summed E-state index contributed by atoms with van der Waals surface area (Å²) < 4.78 is 6.08. The quantitative estimate of drug-likeness (QED) is 0.916. The first kappa shape index (κ1) is 13.9. The van der Waals surface area contributed by atoms with Crippen molar-refractivity contribution < 1.29 is 14.6 Å². The number of carbonyl (C=O) groups is 1. The Bertz CT molecular complexity index is 642. The summed E-state index contributed by atoms with van der Waals surface area (Å²) in [6, 6.07) is 11.8. The molecule has 0 atom stereocenters. The van der Waals surface area contributed by atoms with Gasteiger partial charge < -0.3 is 9.84 Å². The van der Waals surface area contributed by atoms with Crippen molar-refractivity contribution in [3.05, 3.63) is 42.0 Å². The largest absolute Gasteiger partial charge is 0.490 e. The monoisotopic (exact) mass is 284 g/mol. The van der Waals surface area contributed by atoms with Gasteiger partial charge in [0.2, 0.25) is 0 Å². The molecule has 3 nitrogen and oxygen atoms in total. The lowest BCUT2D eigenvalue weighted by Crippen LogP contribution is -2.19. The molecule has 0 unspecified atom stereocenters. The summed E-state index contributed by atoms with van der Waals surface area (Å²) in [5.41, 5.74) is 0.842. The zero-order chi connectivity index (χ0) is 14.7. The van der Waals surface area contributed by atoms with Gasteiger partial charge in [-0.3, -0.25) is 4.79 Å². The van der Waals surface area contributed by atoms with Crippen LogP contribution in [-0.4, -0.2) is 17.2 Å². The predicted molar refractivity (Wildman–Crippen MR) is 82.8 cm³/mol. The van der Waals surface area contributed by atoms with Gasteiger partial charge in [0.25, 0.3) is 0 Å². The number of fused-ring (bicyclic) bond motifs is 1. The summed E-state index contributed by atoms with van der Waals surface area (Å²) in [5, 5.41) is 11.1. The molecule has 0 heterocycles. The molecule has 0 aliphatic heterocycles. The molecule has 1 fully saturated rings. The molecule has 3 heteroatoms. The molecule has 0 spiro atoms. The van der Waals surface area contributed by atoms with E-state index in [0.29, 0.717) is 6.10 Å². The second-order valence-corrected chi connectivity index (χ2v) is 5.75. The van der Waals surface area contributed by atoms with Crippen LogP contribution in [0.5, 0.6) is 5.75 Å². The van der Waals surface area contributed by atoms with Crippen molar-refractivity contribution in [3.63, 3.8) is 0 Å². The summed E-state index contributed by atoms with van der Waals surface area (Å²) in [6.07, 6.45) is 6.38. The molecule has 2 aromatic carbocycles. The highest BCUT2D eigenvalue weighted by molar-refractivity contribution is 5.89. The maximum atomic E-state index is 11.0. The molecule has 2 aromatic rings. The van der Waals surface area contributed by atoms with Crippen molar-refractivity contribution in [1.82, 2.24) is 0 Å². The molecule has 110 valence electrons. The second kappa shape index (κ2) is 6.17. The number of ether oxygens (including phenoxy) is 1. The van der Waals surface area contributed by atoms with Crippen LogP contribution >= 0.6 is 0 Å². The third-order valence-corrected chi connectivity index (χ3v) is 4.14. The zero-order valence-electron chi connectivity index (χ0n) is 12.0. The van der Waals surface area contributed by atoms with Gasteiger partial charge in [0.05, 0.1) is 12.5 Å². The fourth-order valence-electron chi connectivity index (χ4n) is 3.08. The van der Waals surface area contributed by atoms with E-state index in [1.807, 2.05) is 36.4 Å². The highest BCUT2D eigenvalue weighted by Crippen LogP contribution is 2.28. The van der Waals surface area contributed by atoms with E-state index in [1.165, 1.54) is 19.3 Å². The fraction of sp³-hybridized carbons (Fsp3) is 0.389. The van der Waals surface area contributed by atoms with Gasteiger partial charge in [0, 0.05) is 0 Å². The van der Waals surface area contributed by atoms with Gasteiger partial charge in [-0.15, -0.1) is 0 Å². The van der Waals surface area contributed by atoms with Crippen LogP contribution in [0.25, 0.3) is 10.8 Å². The van der Waals surface area contributed by atoms with Gasteiger partial charge in [0.1, 0.15) is 5.75 Å². The van der Waals surface area contributed by atoms with E-state index in [1.54, 1.807) is 0 Å². The SMILES string of the molecule is O=C(O)Cc1cccc2ccc(OC3CCCCC3)cc12. The minimum absolute atomic E-state index is 0.0459. The van der Waals surface area contributed by atoms with Crippen molar-refractivity contribution in [2.45, 2.75) is 44.6 Å². The number of benzene rings is 2. The van der Waals surface area contributed by atoms with Crippen LogP contribution < -0.4 is 4.74 Å². The molecule has 0 amide bonds. The van der Waals surface area contributed by atoms with E-state index < -0.39 is 5.97 Å². The van der Waals surface area contributed by atoms with Gasteiger partial charge in [-0.1, -0.05) is 30.7 Å². The molecule has 1 saturated carbocycles. The van der Waals surface area contributed by atoms with Gasteiger partial charge >= 0.3 is 5.97 Å². The molecule has 21 heavy (non-hydrogen) atoms.